The molecular formula is C21H16N4OS. The molecule has 2 aliphatic rings. The van der Waals surface area contributed by atoms with Crippen molar-refractivity contribution < 1.29 is 4.74 Å². The molecule has 0 bridgehead atoms. The summed E-state index contributed by atoms with van der Waals surface area (Å²) in [6, 6.07) is 19.9. The van der Waals surface area contributed by atoms with Gasteiger partial charge in [0.15, 0.2) is 0 Å². The summed E-state index contributed by atoms with van der Waals surface area (Å²) in [7, 11) is 0. The van der Waals surface area contributed by atoms with Gasteiger partial charge in [-0.05, 0) is 36.8 Å². The molecule has 6 heteroatoms. The molecule has 0 spiro atoms. The van der Waals surface area contributed by atoms with Crippen LogP contribution in [-0.2, 0) is 0 Å². The molecule has 0 saturated heterocycles. The number of benzene rings is 2. The van der Waals surface area contributed by atoms with Crippen LogP contribution in [0.4, 0.5) is 5.69 Å². The van der Waals surface area contributed by atoms with Crippen LogP contribution in [0.5, 0.6) is 5.75 Å². The number of thioether (sulfide) groups is 1. The molecule has 2 aromatic carbocycles. The van der Waals surface area contributed by atoms with Crippen molar-refractivity contribution in [2.75, 3.05) is 11.5 Å². The van der Waals surface area contributed by atoms with Crippen LogP contribution in [0.1, 0.15) is 18.4 Å². The normalized spacial score (nSPS) is 17.9. The molecule has 0 fully saturated rings. The van der Waals surface area contributed by atoms with Gasteiger partial charge in [-0.1, -0.05) is 36.0 Å². The fourth-order valence-electron chi connectivity index (χ4n) is 3.43. The van der Waals surface area contributed by atoms with Crippen molar-refractivity contribution in [2.45, 2.75) is 17.7 Å². The number of rotatable bonds is 3. The van der Waals surface area contributed by atoms with Crippen molar-refractivity contribution in [2.24, 2.45) is 5.73 Å². The molecule has 0 aromatic heterocycles. The largest absolute Gasteiger partial charge is 0.494 e. The summed E-state index contributed by atoms with van der Waals surface area (Å²) in [5.74, 6) is 0.648. The van der Waals surface area contributed by atoms with Crippen LogP contribution in [0.2, 0.25) is 0 Å². The number of fused-ring (bicyclic) bond motifs is 3. The van der Waals surface area contributed by atoms with Crippen molar-refractivity contribution in [1.29, 1.82) is 10.5 Å². The molecule has 27 heavy (non-hydrogen) atoms. The van der Waals surface area contributed by atoms with Gasteiger partial charge in [-0.25, -0.2) is 0 Å². The fourth-order valence-corrected chi connectivity index (χ4v) is 4.61. The van der Waals surface area contributed by atoms with Crippen LogP contribution < -0.4 is 15.4 Å². The van der Waals surface area contributed by atoms with E-state index in [9.17, 15) is 10.5 Å². The summed E-state index contributed by atoms with van der Waals surface area (Å²) in [6.07, 6.45) is 0. The molecule has 0 radical (unpaired) electrons. The predicted molar refractivity (Wildman–Crippen MR) is 105 cm³/mol. The minimum atomic E-state index is -0.483. The lowest BCUT2D eigenvalue weighted by Crippen LogP contribution is -2.32. The van der Waals surface area contributed by atoms with Gasteiger partial charge >= 0.3 is 0 Å². The molecule has 1 atom stereocenters. The molecule has 0 unspecified atom stereocenters. The first-order valence-corrected chi connectivity index (χ1v) is 9.35. The Balaban J connectivity index is 1.87. The summed E-state index contributed by atoms with van der Waals surface area (Å²) in [5, 5.41) is 20.5. The van der Waals surface area contributed by atoms with Gasteiger partial charge in [0.2, 0.25) is 0 Å². The average molecular weight is 372 g/mol. The van der Waals surface area contributed by atoms with Gasteiger partial charge in [-0.15, -0.1) is 0 Å². The number of allylic oxidation sites excluding steroid dienone is 2. The summed E-state index contributed by atoms with van der Waals surface area (Å²) in [6.45, 7) is 2.50. The van der Waals surface area contributed by atoms with Crippen molar-refractivity contribution in [1.82, 2.24) is 0 Å². The summed E-state index contributed by atoms with van der Waals surface area (Å²) in [4.78, 5) is 2.84. The van der Waals surface area contributed by atoms with Gasteiger partial charge in [-0.2, -0.15) is 10.5 Å². The predicted octanol–water partition coefficient (Wildman–Crippen LogP) is 4.22. The molecule has 0 saturated carbocycles. The third-order valence-electron chi connectivity index (χ3n) is 4.61. The van der Waals surface area contributed by atoms with E-state index in [1.807, 2.05) is 60.4 Å². The van der Waals surface area contributed by atoms with E-state index in [-0.39, 0.29) is 0 Å². The number of para-hydroxylation sites is 1. The van der Waals surface area contributed by atoms with Gasteiger partial charge in [0.05, 0.1) is 41.5 Å². The first-order chi connectivity index (χ1) is 13.2. The Hall–Kier alpha value is -3.35. The maximum atomic E-state index is 9.94. The van der Waals surface area contributed by atoms with E-state index in [1.54, 1.807) is 0 Å². The van der Waals surface area contributed by atoms with Crippen LogP contribution >= 0.6 is 11.8 Å². The molecule has 0 aliphatic carbocycles. The number of ether oxygens (including phenoxy) is 1. The lowest BCUT2D eigenvalue weighted by molar-refractivity contribution is 0.340. The minimum absolute atomic E-state index is 0.378. The Morgan fingerprint density at radius 3 is 2.44 bits per heavy atom. The minimum Gasteiger partial charge on any atom is -0.494 e. The SMILES string of the molecule is CCOc1ccc([C@@H]2C(C#N)=C(N)N3C(=C2C#N)Sc2ccccc23)cc1. The maximum absolute atomic E-state index is 9.94. The molecule has 5 nitrogen and oxygen atoms in total. The quantitative estimate of drug-likeness (QED) is 0.868. The van der Waals surface area contributed by atoms with Crippen LogP contribution in [0.3, 0.4) is 0 Å². The maximum Gasteiger partial charge on any atom is 0.123 e. The van der Waals surface area contributed by atoms with Crippen LogP contribution in [0.25, 0.3) is 0 Å². The highest BCUT2D eigenvalue weighted by atomic mass is 32.2. The lowest BCUT2D eigenvalue weighted by Gasteiger charge is -2.31. The zero-order valence-corrected chi connectivity index (χ0v) is 15.5. The highest BCUT2D eigenvalue weighted by Crippen LogP contribution is 2.54. The zero-order chi connectivity index (χ0) is 19.0. The van der Waals surface area contributed by atoms with E-state index in [0.29, 0.717) is 23.6 Å². The van der Waals surface area contributed by atoms with Crippen molar-refractivity contribution in [3.8, 4) is 17.9 Å². The van der Waals surface area contributed by atoms with Crippen molar-refractivity contribution >= 4 is 17.4 Å². The number of anilines is 1. The smallest absolute Gasteiger partial charge is 0.123 e. The summed E-state index contributed by atoms with van der Waals surface area (Å²) >= 11 is 1.51. The molecule has 2 heterocycles. The van der Waals surface area contributed by atoms with Crippen LogP contribution in [-0.4, -0.2) is 6.61 Å². The Kier molecular flexibility index (Phi) is 4.27. The number of hydrogen-bond donors (Lipinski definition) is 1. The molecule has 132 valence electrons. The zero-order valence-electron chi connectivity index (χ0n) is 14.6. The molecule has 4 rings (SSSR count). The highest BCUT2D eigenvalue weighted by molar-refractivity contribution is 8.03. The van der Waals surface area contributed by atoms with Crippen molar-refractivity contribution in [3.63, 3.8) is 0 Å². The van der Waals surface area contributed by atoms with E-state index in [0.717, 1.165) is 26.9 Å². The second kappa shape index (κ2) is 6.75. The third kappa shape index (κ3) is 2.63. The van der Waals surface area contributed by atoms with E-state index < -0.39 is 5.92 Å². The van der Waals surface area contributed by atoms with Crippen LogP contribution in [0, 0.1) is 22.7 Å². The topological polar surface area (TPSA) is 86.1 Å². The summed E-state index contributed by atoms with van der Waals surface area (Å²) in [5.41, 5.74) is 9.08. The van der Waals surface area contributed by atoms with Gasteiger partial charge in [0, 0.05) is 4.90 Å². The van der Waals surface area contributed by atoms with E-state index in [2.05, 4.69) is 12.1 Å². The Bertz CT molecular complexity index is 1060. The molecule has 2 aliphatic heterocycles. The standard InChI is InChI=1S/C21H16N4OS/c1-2-26-14-9-7-13(8-10-14)19-15(11-22)20(24)25-17-5-3-4-6-18(17)27-21(25)16(19)12-23/h3-10,19H,2,24H2,1H3/t19-/m1/s1. The van der Waals surface area contributed by atoms with Gasteiger partial charge < -0.3 is 10.5 Å². The second-order valence-corrected chi connectivity index (χ2v) is 7.11. The van der Waals surface area contributed by atoms with E-state index >= 15 is 0 Å². The first-order valence-electron chi connectivity index (χ1n) is 8.53. The number of nitrogens with two attached hydrogens (primary N) is 1. The number of nitriles is 2. The number of hydrogen-bond acceptors (Lipinski definition) is 6. The third-order valence-corrected chi connectivity index (χ3v) is 5.77. The molecule has 2 aromatic rings. The molecular weight excluding hydrogens is 356 g/mol. The second-order valence-electron chi connectivity index (χ2n) is 6.08. The summed E-state index contributed by atoms with van der Waals surface area (Å²) < 4.78 is 5.50. The first kappa shape index (κ1) is 17.1. The number of nitrogens with zero attached hydrogens (tertiary/aromatic N) is 3. The van der Waals surface area contributed by atoms with Gasteiger partial charge in [0.25, 0.3) is 0 Å². The Labute approximate surface area is 162 Å². The van der Waals surface area contributed by atoms with Crippen molar-refractivity contribution in [3.05, 3.63) is 76.1 Å². The van der Waals surface area contributed by atoms with E-state index in [1.165, 1.54) is 11.8 Å². The average Bonchev–Trinajstić information content (AvgIpc) is 3.08. The van der Waals surface area contributed by atoms with E-state index in [4.69, 9.17) is 10.5 Å². The fraction of sp³-hybridized carbons (Fsp3) is 0.143. The van der Waals surface area contributed by atoms with Gasteiger partial charge in [0.1, 0.15) is 16.6 Å². The Morgan fingerprint density at radius 2 is 1.78 bits per heavy atom. The monoisotopic (exact) mass is 372 g/mol. The Morgan fingerprint density at radius 1 is 1.07 bits per heavy atom. The molecule has 2 N–H and O–H groups in total. The van der Waals surface area contributed by atoms with Gasteiger partial charge in [-0.3, -0.25) is 4.90 Å². The molecule has 0 amide bonds. The highest BCUT2D eigenvalue weighted by Gasteiger charge is 2.40. The van der Waals surface area contributed by atoms with Crippen LogP contribution in [0.15, 0.2) is 75.4 Å². The lowest BCUT2D eigenvalue weighted by atomic mass is 9.83.